The van der Waals surface area contributed by atoms with E-state index in [0.717, 1.165) is 0 Å². The predicted octanol–water partition coefficient (Wildman–Crippen LogP) is 2.29. The molecule has 2 nitrogen and oxygen atoms in total. The van der Waals surface area contributed by atoms with Gasteiger partial charge in [0.15, 0.2) is 0 Å². The van der Waals surface area contributed by atoms with Crippen molar-refractivity contribution in [3.8, 4) is 0 Å². The van der Waals surface area contributed by atoms with Crippen molar-refractivity contribution in [1.82, 2.24) is 9.78 Å². The average molecular weight is 276 g/mol. The first-order chi connectivity index (χ1) is 5.79. The molecule has 1 aromatic rings. The summed E-state index contributed by atoms with van der Waals surface area (Å²) in [6.07, 6.45) is 6.52. The van der Waals surface area contributed by atoms with Gasteiger partial charge in [0.25, 0.3) is 0 Å². The summed E-state index contributed by atoms with van der Waals surface area (Å²) in [5.74, 6) is 0. The summed E-state index contributed by atoms with van der Waals surface area (Å²) in [6, 6.07) is 0. The number of aryl methyl sites for hydroxylation is 1. The Morgan fingerprint density at radius 2 is 2.00 bits per heavy atom. The summed E-state index contributed by atoms with van der Waals surface area (Å²) in [5, 5.41) is 4.44. The minimum Gasteiger partial charge on any atom is -0.271 e. The Kier molecular flexibility index (Phi) is 2.39. The molecule has 0 saturated heterocycles. The van der Waals surface area contributed by atoms with Crippen molar-refractivity contribution in [2.45, 2.75) is 32.1 Å². The average Bonchev–Trinajstić information content (AvgIpc) is 2.29. The molecule has 0 N–H and O–H groups in total. The Balaban J connectivity index is 2.44. The molecule has 66 valence electrons. The van der Waals surface area contributed by atoms with E-state index in [4.69, 9.17) is 0 Å². The number of halogens is 1. The Morgan fingerprint density at radius 1 is 1.25 bits per heavy atom. The maximum absolute atomic E-state index is 4.44. The molecule has 0 atom stereocenters. The van der Waals surface area contributed by atoms with Crippen LogP contribution >= 0.6 is 22.6 Å². The second kappa shape index (κ2) is 3.36. The molecule has 0 saturated carbocycles. The second-order valence-electron chi connectivity index (χ2n) is 3.40. The van der Waals surface area contributed by atoms with Gasteiger partial charge in [-0.15, -0.1) is 0 Å². The molecule has 0 aliphatic heterocycles. The van der Waals surface area contributed by atoms with E-state index >= 15 is 0 Å². The van der Waals surface area contributed by atoms with E-state index < -0.39 is 0 Å². The summed E-state index contributed by atoms with van der Waals surface area (Å²) < 4.78 is 3.27. The molecule has 0 amide bonds. The lowest BCUT2D eigenvalue weighted by Gasteiger charge is -1.99. The highest BCUT2D eigenvalue weighted by Crippen LogP contribution is 2.23. The standard InChI is InChI=1S/C9H13IN2/c1-12-8-6-4-2-3-5-7(8)9(10)11-12/h2-6H2,1H3. The van der Waals surface area contributed by atoms with Crippen LogP contribution in [0.25, 0.3) is 0 Å². The van der Waals surface area contributed by atoms with Gasteiger partial charge in [0, 0.05) is 18.3 Å². The number of nitrogens with zero attached hydrogens (tertiary/aromatic N) is 2. The molecule has 0 bridgehead atoms. The Bertz CT molecular complexity index is 264. The van der Waals surface area contributed by atoms with Crippen molar-refractivity contribution in [3.63, 3.8) is 0 Å². The first-order valence-corrected chi connectivity index (χ1v) is 5.57. The van der Waals surface area contributed by atoms with Gasteiger partial charge in [-0.2, -0.15) is 5.10 Å². The third-order valence-electron chi connectivity index (χ3n) is 2.57. The molecule has 2 rings (SSSR count). The van der Waals surface area contributed by atoms with Crippen LogP contribution in [0.1, 0.15) is 30.5 Å². The van der Waals surface area contributed by atoms with Crippen LogP contribution in [-0.4, -0.2) is 9.78 Å². The molecular weight excluding hydrogens is 263 g/mol. The molecule has 0 radical (unpaired) electrons. The van der Waals surface area contributed by atoms with Crippen molar-refractivity contribution in [3.05, 3.63) is 15.0 Å². The second-order valence-corrected chi connectivity index (χ2v) is 4.42. The molecule has 3 heteroatoms. The minimum atomic E-state index is 1.21. The molecule has 0 spiro atoms. The zero-order valence-electron chi connectivity index (χ0n) is 7.31. The third kappa shape index (κ3) is 1.39. The van der Waals surface area contributed by atoms with Crippen LogP contribution in [0.5, 0.6) is 0 Å². The lowest BCUT2D eigenvalue weighted by molar-refractivity contribution is 0.658. The Hall–Kier alpha value is -0.0600. The number of rotatable bonds is 0. The quantitative estimate of drug-likeness (QED) is 0.525. The monoisotopic (exact) mass is 276 g/mol. The van der Waals surface area contributed by atoms with E-state index in [1.54, 1.807) is 0 Å². The van der Waals surface area contributed by atoms with E-state index in [9.17, 15) is 0 Å². The summed E-state index contributed by atoms with van der Waals surface area (Å²) >= 11 is 2.35. The first kappa shape index (κ1) is 8.53. The molecule has 1 aliphatic rings. The highest BCUT2D eigenvalue weighted by atomic mass is 127. The van der Waals surface area contributed by atoms with Crippen LogP contribution in [0, 0.1) is 3.70 Å². The molecule has 12 heavy (non-hydrogen) atoms. The fourth-order valence-electron chi connectivity index (χ4n) is 1.90. The summed E-state index contributed by atoms with van der Waals surface area (Å²) in [7, 11) is 2.06. The van der Waals surface area contributed by atoms with Gasteiger partial charge in [-0.25, -0.2) is 0 Å². The summed E-state index contributed by atoms with van der Waals surface area (Å²) in [6.45, 7) is 0. The van der Waals surface area contributed by atoms with Gasteiger partial charge in [0.05, 0.1) is 0 Å². The third-order valence-corrected chi connectivity index (χ3v) is 3.43. The van der Waals surface area contributed by atoms with Crippen molar-refractivity contribution >= 4 is 22.6 Å². The fraction of sp³-hybridized carbons (Fsp3) is 0.667. The van der Waals surface area contributed by atoms with Gasteiger partial charge < -0.3 is 0 Å². The van der Waals surface area contributed by atoms with Crippen LogP contribution < -0.4 is 0 Å². The largest absolute Gasteiger partial charge is 0.271 e. The maximum Gasteiger partial charge on any atom is 0.126 e. The van der Waals surface area contributed by atoms with E-state index in [2.05, 4.69) is 39.4 Å². The summed E-state index contributed by atoms with van der Waals surface area (Å²) in [4.78, 5) is 0. The Morgan fingerprint density at radius 3 is 2.83 bits per heavy atom. The van der Waals surface area contributed by atoms with E-state index in [0.29, 0.717) is 0 Å². The van der Waals surface area contributed by atoms with Crippen LogP contribution in [0.3, 0.4) is 0 Å². The zero-order valence-corrected chi connectivity index (χ0v) is 9.47. The SMILES string of the molecule is Cn1nc(I)c2c1CCCCC2. The van der Waals surface area contributed by atoms with Gasteiger partial charge in [-0.05, 0) is 48.3 Å². The molecule has 1 heterocycles. The van der Waals surface area contributed by atoms with Crippen molar-refractivity contribution < 1.29 is 0 Å². The summed E-state index contributed by atoms with van der Waals surface area (Å²) in [5.41, 5.74) is 2.98. The lowest BCUT2D eigenvalue weighted by atomic mass is 10.1. The van der Waals surface area contributed by atoms with E-state index in [-0.39, 0.29) is 0 Å². The molecule has 0 fully saturated rings. The fourth-order valence-corrected chi connectivity index (χ4v) is 2.80. The van der Waals surface area contributed by atoms with Gasteiger partial charge >= 0.3 is 0 Å². The highest BCUT2D eigenvalue weighted by molar-refractivity contribution is 14.1. The van der Waals surface area contributed by atoms with Gasteiger partial charge in [0.1, 0.15) is 3.70 Å². The molecule has 1 aliphatic carbocycles. The number of hydrogen-bond donors (Lipinski definition) is 0. The molecule has 1 aromatic heterocycles. The number of hydrogen-bond acceptors (Lipinski definition) is 1. The lowest BCUT2D eigenvalue weighted by Crippen LogP contribution is -1.98. The van der Waals surface area contributed by atoms with E-state index in [1.807, 2.05) is 0 Å². The van der Waals surface area contributed by atoms with Crippen molar-refractivity contribution in [2.24, 2.45) is 7.05 Å². The van der Waals surface area contributed by atoms with Crippen molar-refractivity contribution in [2.75, 3.05) is 0 Å². The van der Waals surface area contributed by atoms with Crippen LogP contribution in [0.2, 0.25) is 0 Å². The normalized spacial score (nSPS) is 17.2. The minimum absolute atomic E-state index is 1.21. The van der Waals surface area contributed by atoms with Gasteiger partial charge in [0.2, 0.25) is 0 Å². The maximum atomic E-state index is 4.44. The van der Waals surface area contributed by atoms with Crippen LogP contribution in [0.4, 0.5) is 0 Å². The number of aromatic nitrogens is 2. The predicted molar refractivity (Wildman–Crippen MR) is 57.2 cm³/mol. The molecule has 0 aromatic carbocycles. The first-order valence-electron chi connectivity index (χ1n) is 4.49. The smallest absolute Gasteiger partial charge is 0.126 e. The van der Waals surface area contributed by atoms with Crippen LogP contribution in [-0.2, 0) is 19.9 Å². The van der Waals surface area contributed by atoms with Gasteiger partial charge in [-0.3, -0.25) is 4.68 Å². The van der Waals surface area contributed by atoms with Crippen LogP contribution in [0.15, 0.2) is 0 Å². The van der Waals surface area contributed by atoms with Crippen molar-refractivity contribution in [1.29, 1.82) is 0 Å². The molecular formula is C9H13IN2. The Labute approximate surface area is 86.5 Å². The molecule has 0 unspecified atom stereocenters. The van der Waals surface area contributed by atoms with E-state index in [1.165, 1.54) is 47.1 Å². The van der Waals surface area contributed by atoms with Gasteiger partial charge in [-0.1, -0.05) is 6.42 Å². The highest BCUT2D eigenvalue weighted by Gasteiger charge is 2.15. The number of fused-ring (bicyclic) bond motifs is 1. The zero-order chi connectivity index (χ0) is 8.55. The topological polar surface area (TPSA) is 17.8 Å².